The SMILES string of the molecule is COc1ccc(CNC[C@H](C)Cl)cc1. The molecule has 0 heterocycles. The van der Waals surface area contributed by atoms with E-state index >= 15 is 0 Å². The Morgan fingerprint density at radius 1 is 1.36 bits per heavy atom. The van der Waals surface area contributed by atoms with Gasteiger partial charge >= 0.3 is 0 Å². The number of methoxy groups -OCH3 is 1. The number of halogens is 1. The standard InChI is InChI=1S/C11H16ClNO/c1-9(12)7-13-8-10-3-5-11(14-2)6-4-10/h3-6,9,13H,7-8H2,1-2H3/t9-/m0/s1. The molecule has 0 aliphatic rings. The molecular formula is C11H16ClNO. The first kappa shape index (κ1) is 11.3. The lowest BCUT2D eigenvalue weighted by atomic mass is 10.2. The van der Waals surface area contributed by atoms with E-state index in [1.165, 1.54) is 5.56 Å². The zero-order chi connectivity index (χ0) is 10.4. The molecule has 0 aliphatic heterocycles. The fourth-order valence-electron chi connectivity index (χ4n) is 1.16. The minimum Gasteiger partial charge on any atom is -0.497 e. The van der Waals surface area contributed by atoms with Crippen molar-refractivity contribution in [2.24, 2.45) is 0 Å². The van der Waals surface area contributed by atoms with Crippen molar-refractivity contribution >= 4 is 11.6 Å². The molecule has 0 fully saturated rings. The van der Waals surface area contributed by atoms with Crippen LogP contribution in [-0.4, -0.2) is 19.0 Å². The van der Waals surface area contributed by atoms with E-state index < -0.39 is 0 Å². The van der Waals surface area contributed by atoms with E-state index in [9.17, 15) is 0 Å². The van der Waals surface area contributed by atoms with E-state index in [4.69, 9.17) is 16.3 Å². The lowest BCUT2D eigenvalue weighted by Crippen LogP contribution is -2.20. The Bertz CT molecular complexity index is 258. The molecule has 0 saturated heterocycles. The van der Waals surface area contributed by atoms with Crippen molar-refractivity contribution in [2.75, 3.05) is 13.7 Å². The summed E-state index contributed by atoms with van der Waals surface area (Å²) < 4.78 is 5.07. The summed E-state index contributed by atoms with van der Waals surface area (Å²) in [5.41, 5.74) is 1.24. The van der Waals surface area contributed by atoms with Crippen LogP contribution in [0.4, 0.5) is 0 Å². The van der Waals surface area contributed by atoms with Gasteiger partial charge < -0.3 is 10.1 Å². The molecule has 78 valence electrons. The summed E-state index contributed by atoms with van der Waals surface area (Å²) in [5, 5.41) is 3.44. The van der Waals surface area contributed by atoms with Gasteiger partial charge in [0, 0.05) is 18.5 Å². The number of nitrogens with one attached hydrogen (secondary N) is 1. The quantitative estimate of drug-likeness (QED) is 0.759. The first-order valence-electron chi connectivity index (χ1n) is 4.70. The van der Waals surface area contributed by atoms with Gasteiger partial charge in [-0.25, -0.2) is 0 Å². The van der Waals surface area contributed by atoms with E-state index in [0.29, 0.717) is 0 Å². The molecule has 3 heteroatoms. The van der Waals surface area contributed by atoms with Gasteiger partial charge in [-0.05, 0) is 24.6 Å². The maximum Gasteiger partial charge on any atom is 0.118 e. The van der Waals surface area contributed by atoms with Crippen molar-refractivity contribution in [1.82, 2.24) is 5.32 Å². The van der Waals surface area contributed by atoms with E-state index in [-0.39, 0.29) is 5.38 Å². The summed E-state index contributed by atoms with van der Waals surface area (Å²) in [7, 11) is 1.67. The van der Waals surface area contributed by atoms with Gasteiger partial charge in [-0.1, -0.05) is 12.1 Å². The highest BCUT2D eigenvalue weighted by molar-refractivity contribution is 6.20. The van der Waals surface area contributed by atoms with Crippen LogP contribution in [0.15, 0.2) is 24.3 Å². The highest BCUT2D eigenvalue weighted by Crippen LogP contribution is 2.10. The van der Waals surface area contributed by atoms with E-state index in [1.54, 1.807) is 7.11 Å². The van der Waals surface area contributed by atoms with Gasteiger partial charge in [-0.15, -0.1) is 11.6 Å². The van der Waals surface area contributed by atoms with Crippen LogP contribution in [0.5, 0.6) is 5.75 Å². The fourth-order valence-corrected chi connectivity index (χ4v) is 1.27. The normalized spacial score (nSPS) is 12.5. The second-order valence-electron chi connectivity index (χ2n) is 3.26. The molecule has 0 aromatic heterocycles. The van der Waals surface area contributed by atoms with Crippen LogP contribution in [0.2, 0.25) is 0 Å². The Kier molecular flexibility index (Phi) is 4.77. The molecule has 0 saturated carbocycles. The monoisotopic (exact) mass is 213 g/mol. The minimum atomic E-state index is 0.174. The first-order valence-corrected chi connectivity index (χ1v) is 5.13. The minimum absolute atomic E-state index is 0.174. The molecular weight excluding hydrogens is 198 g/mol. The number of hydrogen-bond donors (Lipinski definition) is 1. The third-order valence-corrected chi connectivity index (χ3v) is 2.07. The molecule has 0 bridgehead atoms. The highest BCUT2D eigenvalue weighted by Gasteiger charge is 1.96. The van der Waals surface area contributed by atoms with Crippen LogP contribution in [0.1, 0.15) is 12.5 Å². The topological polar surface area (TPSA) is 21.3 Å². The third kappa shape index (κ3) is 3.99. The molecule has 0 aliphatic carbocycles. The summed E-state index contributed by atoms with van der Waals surface area (Å²) in [6, 6.07) is 8.01. The summed E-state index contributed by atoms with van der Waals surface area (Å²) in [5.74, 6) is 0.888. The molecule has 0 unspecified atom stereocenters. The third-order valence-electron chi connectivity index (χ3n) is 1.91. The second-order valence-corrected chi connectivity index (χ2v) is 4.00. The Hall–Kier alpha value is -0.730. The molecule has 0 radical (unpaired) electrons. The fraction of sp³-hybridized carbons (Fsp3) is 0.455. The predicted molar refractivity (Wildman–Crippen MR) is 60.0 cm³/mol. The van der Waals surface area contributed by atoms with Crippen molar-refractivity contribution in [3.63, 3.8) is 0 Å². The Morgan fingerprint density at radius 3 is 2.50 bits per heavy atom. The van der Waals surface area contributed by atoms with Crippen LogP contribution < -0.4 is 10.1 Å². The number of alkyl halides is 1. The zero-order valence-electron chi connectivity index (χ0n) is 8.59. The van der Waals surface area contributed by atoms with Crippen LogP contribution in [0.3, 0.4) is 0 Å². The largest absolute Gasteiger partial charge is 0.497 e. The average Bonchev–Trinajstić information content (AvgIpc) is 2.18. The van der Waals surface area contributed by atoms with Gasteiger partial charge in [0.05, 0.1) is 7.11 Å². The van der Waals surface area contributed by atoms with Crippen molar-refractivity contribution in [3.05, 3.63) is 29.8 Å². The summed E-state index contributed by atoms with van der Waals surface area (Å²) >= 11 is 5.81. The van der Waals surface area contributed by atoms with Gasteiger partial charge in [0.25, 0.3) is 0 Å². The molecule has 2 nitrogen and oxygen atoms in total. The van der Waals surface area contributed by atoms with Crippen LogP contribution in [0.25, 0.3) is 0 Å². The number of rotatable bonds is 5. The lowest BCUT2D eigenvalue weighted by Gasteiger charge is -2.06. The molecule has 1 rings (SSSR count). The van der Waals surface area contributed by atoms with Gasteiger partial charge in [0.15, 0.2) is 0 Å². The molecule has 1 aromatic carbocycles. The first-order chi connectivity index (χ1) is 6.72. The predicted octanol–water partition coefficient (Wildman–Crippen LogP) is 2.41. The van der Waals surface area contributed by atoms with Gasteiger partial charge in [-0.3, -0.25) is 0 Å². The smallest absolute Gasteiger partial charge is 0.118 e. The van der Waals surface area contributed by atoms with Gasteiger partial charge in [-0.2, -0.15) is 0 Å². The van der Waals surface area contributed by atoms with Crippen LogP contribution in [0, 0.1) is 0 Å². The zero-order valence-corrected chi connectivity index (χ0v) is 9.34. The van der Waals surface area contributed by atoms with Crippen molar-refractivity contribution in [2.45, 2.75) is 18.8 Å². The van der Waals surface area contributed by atoms with Crippen molar-refractivity contribution in [1.29, 1.82) is 0 Å². The number of ether oxygens (including phenoxy) is 1. The molecule has 14 heavy (non-hydrogen) atoms. The Morgan fingerprint density at radius 2 is 2.00 bits per heavy atom. The Labute approximate surface area is 90.2 Å². The molecule has 1 N–H and O–H groups in total. The summed E-state index contributed by atoms with van der Waals surface area (Å²) in [4.78, 5) is 0. The van der Waals surface area contributed by atoms with Gasteiger partial charge in [0.1, 0.15) is 5.75 Å². The van der Waals surface area contributed by atoms with Crippen LogP contribution >= 0.6 is 11.6 Å². The van der Waals surface area contributed by atoms with Gasteiger partial charge in [0.2, 0.25) is 0 Å². The maximum atomic E-state index is 5.81. The van der Waals surface area contributed by atoms with Crippen molar-refractivity contribution < 1.29 is 4.74 Å². The lowest BCUT2D eigenvalue weighted by molar-refractivity contribution is 0.414. The van der Waals surface area contributed by atoms with Crippen LogP contribution in [-0.2, 0) is 6.54 Å². The van der Waals surface area contributed by atoms with E-state index in [2.05, 4.69) is 5.32 Å². The molecule has 0 amide bonds. The average molecular weight is 214 g/mol. The maximum absolute atomic E-state index is 5.81. The van der Waals surface area contributed by atoms with E-state index in [0.717, 1.165) is 18.8 Å². The molecule has 1 atom stereocenters. The number of hydrogen-bond acceptors (Lipinski definition) is 2. The molecule has 1 aromatic rings. The summed E-state index contributed by atoms with van der Waals surface area (Å²) in [6.45, 7) is 3.65. The van der Waals surface area contributed by atoms with Crippen molar-refractivity contribution in [3.8, 4) is 5.75 Å². The molecule has 0 spiro atoms. The summed E-state index contributed by atoms with van der Waals surface area (Å²) in [6.07, 6.45) is 0. The van der Waals surface area contributed by atoms with E-state index in [1.807, 2.05) is 31.2 Å². The highest BCUT2D eigenvalue weighted by atomic mass is 35.5. The number of benzene rings is 1. The second kappa shape index (κ2) is 5.89. The Balaban J connectivity index is 2.36.